The molecule has 30 heavy (non-hydrogen) atoms. The third kappa shape index (κ3) is 4.33. The molecule has 0 N–H and O–H groups in total. The molecule has 4 nitrogen and oxygen atoms in total. The van der Waals surface area contributed by atoms with E-state index < -0.39 is 0 Å². The van der Waals surface area contributed by atoms with Crippen LogP contribution in [0.1, 0.15) is 59.6 Å². The second kappa shape index (κ2) is 9.13. The highest BCUT2D eigenvalue weighted by atomic mass is 32.2. The topological polar surface area (TPSA) is 47.8 Å². The van der Waals surface area contributed by atoms with Crippen LogP contribution in [0.2, 0.25) is 0 Å². The summed E-state index contributed by atoms with van der Waals surface area (Å²) in [5.74, 6) is 0.616. The maximum Gasteiger partial charge on any atom is 0.192 e. The summed E-state index contributed by atoms with van der Waals surface area (Å²) in [7, 11) is 0. The van der Waals surface area contributed by atoms with Gasteiger partial charge in [-0.15, -0.1) is 10.2 Å². The van der Waals surface area contributed by atoms with Crippen LogP contribution in [-0.4, -0.2) is 26.3 Å². The number of carbonyl (C=O) groups excluding carboxylic acids is 1. The molecule has 1 fully saturated rings. The summed E-state index contributed by atoms with van der Waals surface area (Å²) in [4.78, 5) is 12.9. The van der Waals surface area contributed by atoms with E-state index in [0.717, 1.165) is 42.4 Å². The van der Waals surface area contributed by atoms with Crippen LogP contribution in [0.3, 0.4) is 0 Å². The molecule has 0 radical (unpaired) electrons. The number of thioether (sulfide) groups is 1. The molecular formula is C24H26FN3OS. The van der Waals surface area contributed by atoms with Gasteiger partial charge in [-0.2, -0.15) is 0 Å². The molecular weight excluding hydrogens is 397 g/mol. The van der Waals surface area contributed by atoms with Gasteiger partial charge >= 0.3 is 0 Å². The summed E-state index contributed by atoms with van der Waals surface area (Å²) in [6, 6.07) is 12.9. The largest absolute Gasteiger partial charge is 0.299 e. The van der Waals surface area contributed by atoms with Crippen molar-refractivity contribution in [2.45, 2.75) is 57.1 Å². The third-order valence-electron chi connectivity index (χ3n) is 5.74. The van der Waals surface area contributed by atoms with E-state index in [0.29, 0.717) is 16.5 Å². The Labute approximate surface area is 180 Å². The third-order valence-corrected chi connectivity index (χ3v) is 6.69. The van der Waals surface area contributed by atoms with Crippen LogP contribution in [0, 0.1) is 19.7 Å². The summed E-state index contributed by atoms with van der Waals surface area (Å²) in [5.41, 5.74) is 3.26. The number of halogens is 1. The molecule has 0 atom stereocenters. The molecule has 2 aromatic carbocycles. The Kier molecular flexibility index (Phi) is 6.32. The lowest BCUT2D eigenvalue weighted by Crippen LogP contribution is -2.16. The molecule has 0 saturated heterocycles. The van der Waals surface area contributed by atoms with E-state index in [-0.39, 0.29) is 23.4 Å². The second-order valence-electron chi connectivity index (χ2n) is 7.98. The molecule has 1 aliphatic rings. The van der Waals surface area contributed by atoms with Crippen molar-refractivity contribution in [3.63, 3.8) is 0 Å². The highest BCUT2D eigenvalue weighted by Gasteiger charge is 2.25. The van der Waals surface area contributed by atoms with Crippen molar-refractivity contribution in [1.29, 1.82) is 0 Å². The van der Waals surface area contributed by atoms with Gasteiger partial charge in [0.05, 0.1) is 11.3 Å². The zero-order valence-corrected chi connectivity index (χ0v) is 18.2. The minimum Gasteiger partial charge on any atom is -0.299 e. The first kappa shape index (κ1) is 20.8. The van der Waals surface area contributed by atoms with Gasteiger partial charge in [0.2, 0.25) is 0 Å². The lowest BCUT2D eigenvalue weighted by atomic mass is 9.95. The Balaban J connectivity index is 1.63. The van der Waals surface area contributed by atoms with E-state index in [1.54, 1.807) is 12.1 Å². The lowest BCUT2D eigenvalue weighted by Gasteiger charge is -2.25. The van der Waals surface area contributed by atoms with Crippen molar-refractivity contribution >= 4 is 17.5 Å². The fourth-order valence-corrected chi connectivity index (χ4v) is 5.00. The van der Waals surface area contributed by atoms with Crippen LogP contribution in [-0.2, 0) is 0 Å². The van der Waals surface area contributed by atoms with Gasteiger partial charge in [0.1, 0.15) is 5.82 Å². The van der Waals surface area contributed by atoms with Gasteiger partial charge in [0, 0.05) is 11.6 Å². The van der Waals surface area contributed by atoms with Crippen LogP contribution in [0.25, 0.3) is 11.4 Å². The van der Waals surface area contributed by atoms with Crippen molar-refractivity contribution in [3.8, 4) is 11.4 Å². The zero-order valence-electron chi connectivity index (χ0n) is 17.4. The Morgan fingerprint density at radius 2 is 1.87 bits per heavy atom. The normalized spacial score (nSPS) is 14.8. The van der Waals surface area contributed by atoms with Crippen molar-refractivity contribution in [3.05, 3.63) is 65.0 Å². The number of aryl methyl sites for hydroxylation is 2. The first-order valence-electron chi connectivity index (χ1n) is 10.5. The Morgan fingerprint density at radius 3 is 2.63 bits per heavy atom. The summed E-state index contributed by atoms with van der Waals surface area (Å²) in [6.45, 7) is 3.95. The van der Waals surface area contributed by atoms with Crippen molar-refractivity contribution in [1.82, 2.24) is 14.8 Å². The maximum absolute atomic E-state index is 14.5. The number of nitrogens with zero attached hydrogens (tertiary/aromatic N) is 3. The molecule has 1 aromatic heterocycles. The fourth-order valence-electron chi connectivity index (χ4n) is 4.11. The monoisotopic (exact) mass is 423 g/mol. The SMILES string of the molecule is Cc1ccc(C)c(C(=O)CSc2nnc(-c3ccccc3F)n2C2CCCCC2)c1. The van der Waals surface area contributed by atoms with E-state index >= 15 is 0 Å². The molecule has 0 amide bonds. The van der Waals surface area contributed by atoms with Crippen LogP contribution < -0.4 is 0 Å². The van der Waals surface area contributed by atoms with Crippen LogP contribution >= 0.6 is 11.8 Å². The van der Waals surface area contributed by atoms with Gasteiger partial charge in [-0.3, -0.25) is 9.36 Å². The maximum atomic E-state index is 14.5. The standard InChI is InChI=1S/C24H26FN3OS/c1-16-12-13-17(2)20(14-16)22(29)15-30-24-27-26-23(19-10-6-7-11-21(19)25)28(24)18-8-4-3-5-9-18/h6-7,10-14,18H,3-5,8-9,15H2,1-2H3. The summed E-state index contributed by atoms with van der Waals surface area (Å²) >= 11 is 1.40. The first-order chi connectivity index (χ1) is 14.5. The van der Waals surface area contributed by atoms with Gasteiger partial charge < -0.3 is 0 Å². The van der Waals surface area contributed by atoms with E-state index in [9.17, 15) is 9.18 Å². The quantitative estimate of drug-likeness (QED) is 0.351. The molecule has 1 saturated carbocycles. The smallest absolute Gasteiger partial charge is 0.192 e. The molecule has 0 aliphatic heterocycles. The van der Waals surface area contributed by atoms with Gasteiger partial charge in [0.15, 0.2) is 16.8 Å². The predicted molar refractivity (Wildman–Crippen MR) is 119 cm³/mol. The Morgan fingerprint density at radius 1 is 1.10 bits per heavy atom. The van der Waals surface area contributed by atoms with E-state index in [2.05, 4.69) is 14.8 Å². The van der Waals surface area contributed by atoms with Crippen LogP contribution in [0.4, 0.5) is 4.39 Å². The summed E-state index contributed by atoms with van der Waals surface area (Å²) in [5, 5.41) is 9.41. The molecule has 156 valence electrons. The van der Waals surface area contributed by atoms with Crippen LogP contribution in [0.5, 0.6) is 0 Å². The number of carbonyl (C=O) groups is 1. The van der Waals surface area contributed by atoms with Gasteiger partial charge in [-0.25, -0.2) is 4.39 Å². The average Bonchev–Trinajstić information content (AvgIpc) is 3.18. The minimum atomic E-state index is -0.301. The number of Topliss-reactive ketones (excluding diaryl/α,β-unsaturated/α-hetero) is 1. The molecule has 6 heteroatoms. The highest BCUT2D eigenvalue weighted by molar-refractivity contribution is 7.99. The van der Waals surface area contributed by atoms with Gasteiger partial charge in [-0.1, -0.05) is 60.9 Å². The van der Waals surface area contributed by atoms with Crippen molar-refractivity contribution < 1.29 is 9.18 Å². The number of aromatic nitrogens is 3. The van der Waals surface area contributed by atoms with E-state index in [1.165, 1.54) is 24.2 Å². The Bertz CT molecular complexity index is 1060. The number of hydrogen-bond donors (Lipinski definition) is 0. The van der Waals surface area contributed by atoms with Crippen molar-refractivity contribution in [2.75, 3.05) is 5.75 Å². The van der Waals surface area contributed by atoms with Gasteiger partial charge in [-0.05, 0) is 50.5 Å². The lowest BCUT2D eigenvalue weighted by molar-refractivity contribution is 0.102. The molecule has 0 bridgehead atoms. The van der Waals surface area contributed by atoms with Crippen molar-refractivity contribution in [2.24, 2.45) is 0 Å². The van der Waals surface area contributed by atoms with E-state index in [4.69, 9.17) is 0 Å². The molecule has 0 spiro atoms. The number of ketones is 1. The molecule has 1 heterocycles. The zero-order chi connectivity index (χ0) is 21.1. The minimum absolute atomic E-state index is 0.0758. The molecule has 3 aromatic rings. The fraction of sp³-hybridized carbons (Fsp3) is 0.375. The molecule has 1 aliphatic carbocycles. The Hall–Kier alpha value is -2.47. The van der Waals surface area contributed by atoms with E-state index in [1.807, 2.05) is 38.1 Å². The first-order valence-corrected chi connectivity index (χ1v) is 11.5. The number of hydrogen-bond acceptors (Lipinski definition) is 4. The van der Waals surface area contributed by atoms with Gasteiger partial charge in [0.25, 0.3) is 0 Å². The highest BCUT2D eigenvalue weighted by Crippen LogP contribution is 2.36. The summed E-state index contributed by atoms with van der Waals surface area (Å²) in [6.07, 6.45) is 5.56. The number of benzene rings is 2. The molecule has 0 unspecified atom stereocenters. The molecule has 4 rings (SSSR count). The average molecular weight is 424 g/mol. The predicted octanol–water partition coefficient (Wildman–Crippen LogP) is 6.18. The second-order valence-corrected chi connectivity index (χ2v) is 8.92. The summed E-state index contributed by atoms with van der Waals surface area (Å²) < 4.78 is 16.6. The van der Waals surface area contributed by atoms with Crippen LogP contribution in [0.15, 0.2) is 47.6 Å². The number of rotatable bonds is 6.